The van der Waals surface area contributed by atoms with Gasteiger partial charge < -0.3 is 0 Å². The molecule has 18 heavy (non-hydrogen) atoms. The first-order valence-corrected chi connectivity index (χ1v) is 7.60. The van der Waals surface area contributed by atoms with E-state index in [-0.39, 0.29) is 0 Å². The Kier molecular flexibility index (Phi) is 3.14. The summed E-state index contributed by atoms with van der Waals surface area (Å²) >= 11 is 3.78. The average Bonchev–Trinajstić information content (AvgIpc) is 2.85. The van der Waals surface area contributed by atoms with Crippen molar-refractivity contribution in [2.24, 2.45) is 0 Å². The Morgan fingerprint density at radius 3 is 2.50 bits per heavy atom. The maximum absolute atomic E-state index is 4.39. The maximum Gasteiger partial charge on any atom is 0.0590 e. The highest BCUT2D eigenvalue weighted by Gasteiger charge is 2.05. The molecule has 0 fully saturated rings. The van der Waals surface area contributed by atoms with Crippen LogP contribution in [0.3, 0.4) is 0 Å². The molecule has 0 aliphatic heterocycles. The molecule has 3 rings (SSSR count). The van der Waals surface area contributed by atoms with Crippen molar-refractivity contribution in [3.05, 3.63) is 45.7 Å². The van der Waals surface area contributed by atoms with Gasteiger partial charge in [0.25, 0.3) is 0 Å². The van der Waals surface area contributed by atoms with E-state index in [4.69, 9.17) is 0 Å². The van der Waals surface area contributed by atoms with Crippen LogP contribution in [0.2, 0.25) is 0 Å². The van der Waals surface area contributed by atoms with Gasteiger partial charge in [0.15, 0.2) is 0 Å². The standard InChI is InChI=1S/C14H14N2S2/c1-9-7-16-11(8-15-9)3-4-12-6-14-13(18-12)5-10(2)17-14/h5-8H,3-4H2,1-2H3. The van der Waals surface area contributed by atoms with Gasteiger partial charge in [-0.3, -0.25) is 9.97 Å². The second kappa shape index (κ2) is 4.78. The van der Waals surface area contributed by atoms with E-state index in [1.54, 1.807) is 0 Å². The van der Waals surface area contributed by atoms with Gasteiger partial charge in [-0.2, -0.15) is 0 Å². The largest absolute Gasteiger partial charge is 0.258 e. The Bertz CT molecular complexity index is 633. The SMILES string of the molecule is Cc1cnc(CCc2cc3sc(C)cc3s2)cn1. The molecule has 0 atom stereocenters. The highest BCUT2D eigenvalue weighted by Crippen LogP contribution is 2.33. The molecular weight excluding hydrogens is 260 g/mol. The van der Waals surface area contributed by atoms with Gasteiger partial charge in [-0.15, -0.1) is 22.7 Å². The Morgan fingerprint density at radius 1 is 0.944 bits per heavy atom. The Hall–Kier alpha value is -1.26. The summed E-state index contributed by atoms with van der Waals surface area (Å²) in [6.45, 7) is 4.13. The van der Waals surface area contributed by atoms with Crippen molar-refractivity contribution < 1.29 is 0 Å². The van der Waals surface area contributed by atoms with Crippen molar-refractivity contribution in [1.82, 2.24) is 9.97 Å². The molecule has 0 amide bonds. The first-order valence-electron chi connectivity index (χ1n) is 5.97. The number of aromatic nitrogens is 2. The molecule has 3 aromatic rings. The normalized spacial score (nSPS) is 11.2. The van der Waals surface area contributed by atoms with Crippen molar-refractivity contribution in [3.63, 3.8) is 0 Å². The van der Waals surface area contributed by atoms with Crippen LogP contribution in [0.25, 0.3) is 9.40 Å². The van der Waals surface area contributed by atoms with Gasteiger partial charge in [-0.25, -0.2) is 0 Å². The fourth-order valence-corrected chi connectivity index (χ4v) is 4.27. The monoisotopic (exact) mass is 274 g/mol. The average molecular weight is 274 g/mol. The molecule has 0 bridgehead atoms. The number of rotatable bonds is 3. The fraction of sp³-hybridized carbons (Fsp3) is 0.286. The number of hydrogen-bond acceptors (Lipinski definition) is 4. The Morgan fingerprint density at radius 2 is 1.78 bits per heavy atom. The van der Waals surface area contributed by atoms with Crippen molar-refractivity contribution in [2.45, 2.75) is 26.7 Å². The third kappa shape index (κ3) is 2.44. The summed E-state index contributed by atoms with van der Waals surface area (Å²) in [6, 6.07) is 4.60. The van der Waals surface area contributed by atoms with Crippen LogP contribution in [0, 0.1) is 13.8 Å². The van der Waals surface area contributed by atoms with Crippen molar-refractivity contribution in [3.8, 4) is 0 Å². The van der Waals surface area contributed by atoms with Gasteiger partial charge in [-0.1, -0.05) is 0 Å². The van der Waals surface area contributed by atoms with E-state index in [1.807, 2.05) is 42.0 Å². The summed E-state index contributed by atoms with van der Waals surface area (Å²) in [4.78, 5) is 11.5. The van der Waals surface area contributed by atoms with E-state index in [9.17, 15) is 0 Å². The summed E-state index contributed by atoms with van der Waals surface area (Å²) < 4.78 is 2.84. The molecule has 3 heterocycles. The van der Waals surface area contributed by atoms with Crippen LogP contribution in [0.1, 0.15) is 21.1 Å². The lowest BCUT2D eigenvalue weighted by Gasteiger charge is -1.98. The molecule has 0 radical (unpaired) electrons. The van der Waals surface area contributed by atoms with Gasteiger partial charge in [0.05, 0.1) is 11.4 Å². The van der Waals surface area contributed by atoms with Gasteiger partial charge in [-0.05, 0) is 38.8 Å². The number of hydrogen-bond donors (Lipinski definition) is 0. The number of nitrogens with zero attached hydrogens (tertiary/aromatic N) is 2. The van der Waals surface area contributed by atoms with E-state index < -0.39 is 0 Å². The Labute approximate surface area is 114 Å². The highest BCUT2D eigenvalue weighted by molar-refractivity contribution is 7.27. The zero-order valence-electron chi connectivity index (χ0n) is 10.4. The molecule has 0 aliphatic carbocycles. The highest BCUT2D eigenvalue weighted by atomic mass is 32.1. The molecular formula is C14H14N2S2. The van der Waals surface area contributed by atoms with Gasteiger partial charge in [0.2, 0.25) is 0 Å². The van der Waals surface area contributed by atoms with Crippen molar-refractivity contribution >= 4 is 32.1 Å². The molecule has 92 valence electrons. The minimum Gasteiger partial charge on any atom is -0.258 e. The first-order chi connectivity index (χ1) is 8.70. The summed E-state index contributed by atoms with van der Waals surface area (Å²) in [6.07, 6.45) is 5.75. The van der Waals surface area contributed by atoms with Gasteiger partial charge in [0.1, 0.15) is 0 Å². The molecule has 3 aromatic heterocycles. The molecule has 0 spiro atoms. The van der Waals surface area contributed by atoms with Crippen LogP contribution in [0.5, 0.6) is 0 Å². The topological polar surface area (TPSA) is 25.8 Å². The smallest absolute Gasteiger partial charge is 0.0590 e. The van der Waals surface area contributed by atoms with Gasteiger partial charge >= 0.3 is 0 Å². The molecule has 0 unspecified atom stereocenters. The minimum atomic E-state index is 0.972. The predicted octanol–water partition coefficient (Wildman–Crippen LogP) is 4.15. The van der Waals surface area contributed by atoms with Crippen LogP contribution in [0.4, 0.5) is 0 Å². The van der Waals surface area contributed by atoms with Crippen LogP contribution < -0.4 is 0 Å². The van der Waals surface area contributed by atoms with Crippen molar-refractivity contribution in [2.75, 3.05) is 0 Å². The van der Waals surface area contributed by atoms with Crippen LogP contribution in [-0.4, -0.2) is 9.97 Å². The molecule has 0 aliphatic rings. The van der Waals surface area contributed by atoms with E-state index in [1.165, 1.54) is 19.2 Å². The third-order valence-corrected chi connectivity index (χ3v) is 5.11. The minimum absolute atomic E-state index is 0.972. The quantitative estimate of drug-likeness (QED) is 0.717. The van der Waals surface area contributed by atoms with E-state index in [0.717, 1.165) is 24.2 Å². The van der Waals surface area contributed by atoms with E-state index >= 15 is 0 Å². The molecule has 2 nitrogen and oxygen atoms in total. The molecule has 0 aromatic carbocycles. The number of thiophene rings is 2. The van der Waals surface area contributed by atoms with Crippen molar-refractivity contribution in [1.29, 1.82) is 0 Å². The second-order valence-corrected chi connectivity index (χ2v) is 6.90. The summed E-state index contributed by atoms with van der Waals surface area (Å²) in [5.41, 5.74) is 2.05. The van der Waals surface area contributed by atoms with Crippen LogP contribution >= 0.6 is 22.7 Å². The maximum atomic E-state index is 4.39. The zero-order chi connectivity index (χ0) is 12.5. The second-order valence-electron chi connectivity index (χ2n) is 4.45. The summed E-state index contributed by atoms with van der Waals surface area (Å²) in [5, 5.41) is 0. The number of aryl methyl sites for hydroxylation is 4. The van der Waals surface area contributed by atoms with Gasteiger partial charge in [0, 0.05) is 31.5 Å². The summed E-state index contributed by atoms with van der Waals surface area (Å²) in [5.74, 6) is 0. The number of fused-ring (bicyclic) bond motifs is 1. The van der Waals surface area contributed by atoms with Crippen LogP contribution in [0.15, 0.2) is 24.5 Å². The first kappa shape index (κ1) is 11.8. The molecule has 4 heteroatoms. The lowest BCUT2D eigenvalue weighted by atomic mass is 10.2. The predicted molar refractivity (Wildman–Crippen MR) is 78.6 cm³/mol. The third-order valence-electron chi connectivity index (χ3n) is 2.84. The lowest BCUT2D eigenvalue weighted by molar-refractivity contribution is 0.902. The van der Waals surface area contributed by atoms with E-state index in [0.29, 0.717) is 0 Å². The van der Waals surface area contributed by atoms with Crippen LogP contribution in [-0.2, 0) is 12.8 Å². The Balaban J connectivity index is 1.72. The molecule has 0 saturated carbocycles. The molecule has 0 N–H and O–H groups in total. The van der Waals surface area contributed by atoms with E-state index in [2.05, 4.69) is 29.0 Å². The fourth-order valence-electron chi connectivity index (χ4n) is 1.93. The lowest BCUT2D eigenvalue weighted by Crippen LogP contribution is -1.94. The molecule has 0 saturated heterocycles. The zero-order valence-corrected chi connectivity index (χ0v) is 12.1. The summed E-state index contributed by atoms with van der Waals surface area (Å²) in [7, 11) is 0.